The van der Waals surface area contributed by atoms with Gasteiger partial charge in [-0.05, 0) is 48.4 Å². The lowest BCUT2D eigenvalue weighted by atomic mass is 9.93. The van der Waals surface area contributed by atoms with Crippen molar-refractivity contribution in [2.24, 2.45) is 4.99 Å². The number of ether oxygens (including phenoxy) is 1. The fourth-order valence-corrected chi connectivity index (χ4v) is 6.54. The summed E-state index contributed by atoms with van der Waals surface area (Å²) in [6.07, 6.45) is 1.71. The van der Waals surface area contributed by atoms with Gasteiger partial charge in [-0.1, -0.05) is 70.2 Å². The first-order chi connectivity index (χ1) is 20.7. The van der Waals surface area contributed by atoms with Crippen LogP contribution in [0.4, 0.5) is 4.79 Å². The van der Waals surface area contributed by atoms with Crippen LogP contribution in [0.25, 0.3) is 0 Å². The number of halogens is 3. The van der Waals surface area contributed by atoms with Crippen LogP contribution in [0, 0.1) is 0 Å². The fourth-order valence-electron chi connectivity index (χ4n) is 5.42. The summed E-state index contributed by atoms with van der Waals surface area (Å²) in [5, 5.41) is 1.66. The summed E-state index contributed by atoms with van der Waals surface area (Å²) in [6.45, 7) is 5.50. The molecule has 2 aliphatic rings. The Morgan fingerprint density at radius 2 is 1.60 bits per heavy atom. The van der Waals surface area contributed by atoms with Crippen molar-refractivity contribution >= 4 is 70.5 Å². The Balaban J connectivity index is 1.60. The van der Waals surface area contributed by atoms with Gasteiger partial charge in [0.05, 0.1) is 29.5 Å². The summed E-state index contributed by atoms with van der Waals surface area (Å²) >= 11 is 22.7. The topological polar surface area (TPSA) is 71.4 Å². The summed E-state index contributed by atoms with van der Waals surface area (Å²) in [5.41, 5.74) is 2.43. The zero-order valence-electron chi connectivity index (χ0n) is 23.9. The van der Waals surface area contributed by atoms with Gasteiger partial charge in [-0.15, -0.1) is 12.6 Å². The van der Waals surface area contributed by atoms with Crippen molar-refractivity contribution in [3.05, 3.63) is 92.4 Å². The molecule has 0 radical (unpaired) electrons. The Hall–Kier alpha value is -2.11. The molecule has 0 spiro atoms. The van der Waals surface area contributed by atoms with Gasteiger partial charge in [-0.3, -0.25) is 14.8 Å². The number of nitrogens with zero attached hydrogens (tertiary/aromatic N) is 4. The van der Waals surface area contributed by atoms with Gasteiger partial charge in [-0.25, -0.2) is 4.79 Å². The highest BCUT2D eigenvalue weighted by molar-refractivity contribution is 7.90. The van der Waals surface area contributed by atoms with E-state index in [-0.39, 0.29) is 6.03 Å². The second-order valence-electron chi connectivity index (χ2n) is 10.4. The molecule has 228 valence electrons. The smallest absolute Gasteiger partial charge is 0.326 e. The van der Waals surface area contributed by atoms with Crippen LogP contribution in [0.2, 0.25) is 15.1 Å². The number of hydrogen-bond acceptors (Lipinski definition) is 6. The van der Waals surface area contributed by atoms with Gasteiger partial charge in [-0.2, -0.15) is 0 Å². The highest BCUT2D eigenvalue weighted by Crippen LogP contribution is 2.46. The molecule has 1 fully saturated rings. The van der Waals surface area contributed by atoms with Gasteiger partial charge in [0.2, 0.25) is 0 Å². The Kier molecular flexibility index (Phi) is 10.8. The molecular formula is C31H33Cl3N4O3S2. The standard InChI is InChI=1S/C31H33Cl3N4O3S2/c1-3-41-26-19-25(34)27(42)18-24(26)30-35-28(20-4-8-22(32)9-5-20)29(21-6-10-23(33)11-7-21)38(30)31(39)37-14-12-36(13-15-37)16-17-43(2)40/h4-11,18-19,28-29,42H,3,12-17H2,1-2H3/t28-,29+,43?/m0/s1. The van der Waals surface area contributed by atoms with E-state index in [4.69, 9.17) is 44.5 Å². The zero-order valence-corrected chi connectivity index (χ0v) is 27.9. The van der Waals surface area contributed by atoms with E-state index in [2.05, 4.69) is 17.5 Å². The number of amidine groups is 1. The number of carbonyl (C=O) groups excluding carboxylic acids is 1. The van der Waals surface area contributed by atoms with Crippen molar-refractivity contribution in [2.75, 3.05) is 51.3 Å². The summed E-state index contributed by atoms with van der Waals surface area (Å²) in [6, 6.07) is 17.5. The fraction of sp³-hybridized carbons (Fsp3) is 0.355. The number of piperazine rings is 1. The molecule has 3 aromatic carbocycles. The molecule has 3 aromatic rings. The van der Waals surface area contributed by atoms with E-state index < -0.39 is 23.3 Å². The van der Waals surface area contributed by atoms with Crippen molar-refractivity contribution in [1.29, 1.82) is 0 Å². The maximum Gasteiger partial charge on any atom is 0.326 e. The highest BCUT2D eigenvalue weighted by atomic mass is 35.5. The van der Waals surface area contributed by atoms with Crippen LogP contribution >= 0.6 is 47.4 Å². The molecule has 1 unspecified atom stereocenters. The van der Waals surface area contributed by atoms with Gasteiger partial charge in [0.25, 0.3) is 0 Å². The highest BCUT2D eigenvalue weighted by Gasteiger charge is 2.45. The minimum Gasteiger partial charge on any atom is -0.617 e. The molecule has 12 heteroatoms. The Labute approximate surface area is 276 Å². The van der Waals surface area contributed by atoms with Gasteiger partial charge < -0.3 is 14.2 Å². The van der Waals surface area contributed by atoms with Crippen LogP contribution in [-0.4, -0.2) is 82.5 Å². The SMILES string of the molecule is CCOc1cc(Cl)c(S)cc1C1=N[C@@H](c2ccc(Cl)cc2)[C@@H](c2ccc(Cl)cc2)N1C(=O)N1CCN(CC[S+](C)[O-])CC1. The largest absolute Gasteiger partial charge is 0.617 e. The average Bonchev–Trinajstić information content (AvgIpc) is 3.39. The van der Waals surface area contributed by atoms with Crippen molar-refractivity contribution in [2.45, 2.75) is 23.9 Å². The molecule has 2 heterocycles. The predicted molar refractivity (Wildman–Crippen MR) is 179 cm³/mol. The number of hydrogen-bond donors (Lipinski definition) is 1. The average molecular weight is 680 g/mol. The van der Waals surface area contributed by atoms with Gasteiger partial charge in [0.15, 0.2) is 0 Å². The quantitative estimate of drug-likeness (QED) is 0.206. The summed E-state index contributed by atoms with van der Waals surface area (Å²) in [5.74, 6) is 1.61. The normalized spacial score (nSPS) is 19.8. The van der Waals surface area contributed by atoms with E-state index in [9.17, 15) is 9.35 Å². The van der Waals surface area contributed by atoms with Crippen molar-refractivity contribution in [3.63, 3.8) is 0 Å². The van der Waals surface area contributed by atoms with E-state index >= 15 is 0 Å². The number of carbonyl (C=O) groups is 1. The van der Waals surface area contributed by atoms with Crippen molar-refractivity contribution in [3.8, 4) is 5.75 Å². The first-order valence-electron chi connectivity index (χ1n) is 14.0. The van der Waals surface area contributed by atoms with E-state index in [1.165, 1.54) is 0 Å². The summed E-state index contributed by atoms with van der Waals surface area (Å²) < 4.78 is 17.7. The summed E-state index contributed by atoms with van der Waals surface area (Å²) in [7, 11) is 0. The first-order valence-corrected chi connectivity index (χ1v) is 17.3. The molecule has 2 amide bonds. The Morgan fingerprint density at radius 3 is 2.19 bits per heavy atom. The Bertz CT molecular complexity index is 1470. The molecule has 2 aliphatic heterocycles. The van der Waals surface area contributed by atoms with Crippen LogP contribution in [0.3, 0.4) is 0 Å². The third-order valence-corrected chi connectivity index (χ3v) is 9.70. The van der Waals surface area contributed by atoms with Crippen LogP contribution in [0.1, 0.15) is 35.7 Å². The number of thiol groups is 1. The third-order valence-electron chi connectivity index (χ3n) is 7.62. The first kappa shape index (κ1) is 32.3. The predicted octanol–water partition coefficient (Wildman–Crippen LogP) is 7.00. The molecule has 5 rings (SSSR count). The molecule has 0 aliphatic carbocycles. The number of benzene rings is 3. The second kappa shape index (κ2) is 14.3. The molecule has 0 aromatic heterocycles. The monoisotopic (exact) mass is 678 g/mol. The second-order valence-corrected chi connectivity index (χ2v) is 13.8. The number of urea groups is 1. The molecule has 7 nitrogen and oxygen atoms in total. The molecule has 0 N–H and O–H groups in total. The number of amides is 2. The number of aliphatic imine (C=N–C) groups is 1. The van der Waals surface area contributed by atoms with E-state index in [1.54, 1.807) is 17.2 Å². The minimum absolute atomic E-state index is 0.160. The zero-order chi connectivity index (χ0) is 30.7. The third kappa shape index (κ3) is 7.41. The van der Waals surface area contributed by atoms with E-state index in [0.717, 1.165) is 17.7 Å². The van der Waals surface area contributed by atoms with Gasteiger partial charge in [0, 0.05) is 53.7 Å². The number of rotatable bonds is 8. The summed E-state index contributed by atoms with van der Waals surface area (Å²) in [4.78, 5) is 26.3. The maximum atomic E-state index is 14.6. The lowest BCUT2D eigenvalue weighted by molar-refractivity contribution is 0.122. The minimum atomic E-state index is -0.863. The molecule has 43 heavy (non-hydrogen) atoms. The van der Waals surface area contributed by atoms with Crippen molar-refractivity contribution in [1.82, 2.24) is 14.7 Å². The van der Waals surface area contributed by atoms with Crippen LogP contribution < -0.4 is 4.74 Å². The maximum absolute atomic E-state index is 14.6. The van der Waals surface area contributed by atoms with Crippen LogP contribution in [0.5, 0.6) is 5.75 Å². The molecule has 0 saturated carbocycles. The Morgan fingerprint density at radius 1 is 1.00 bits per heavy atom. The van der Waals surface area contributed by atoms with Gasteiger partial charge in [0.1, 0.15) is 23.4 Å². The molecule has 1 saturated heterocycles. The molecular weight excluding hydrogens is 647 g/mol. The van der Waals surface area contributed by atoms with Gasteiger partial charge >= 0.3 is 6.03 Å². The van der Waals surface area contributed by atoms with Crippen LogP contribution in [-0.2, 0) is 11.2 Å². The van der Waals surface area contributed by atoms with Crippen LogP contribution in [0.15, 0.2) is 70.6 Å². The van der Waals surface area contributed by atoms with E-state index in [1.807, 2.05) is 66.4 Å². The lowest BCUT2D eigenvalue weighted by Gasteiger charge is -2.39. The van der Waals surface area contributed by atoms with E-state index in [0.29, 0.717) is 75.7 Å². The molecule has 0 bridgehead atoms. The van der Waals surface area contributed by atoms with Crippen molar-refractivity contribution < 1.29 is 14.1 Å². The lowest BCUT2D eigenvalue weighted by Crippen LogP contribution is -2.54. The molecule has 3 atom stereocenters.